The molecule has 2 aliphatic rings. The number of aliphatic hydroxyl groups is 1. The average molecular weight is 563 g/mol. The van der Waals surface area contributed by atoms with Gasteiger partial charge in [-0.3, -0.25) is 0 Å². The van der Waals surface area contributed by atoms with E-state index in [-0.39, 0.29) is 30.0 Å². The molecule has 220 valence electrons. The summed E-state index contributed by atoms with van der Waals surface area (Å²) in [6.07, 6.45) is -0.255. The van der Waals surface area contributed by atoms with Crippen molar-refractivity contribution in [3.8, 4) is 23.0 Å². The van der Waals surface area contributed by atoms with Crippen LogP contribution < -0.4 is 18.9 Å². The van der Waals surface area contributed by atoms with Gasteiger partial charge in [0.15, 0.2) is 23.0 Å². The number of aliphatic hydroxyl groups excluding tert-OH is 1. The molecule has 0 aliphatic carbocycles. The van der Waals surface area contributed by atoms with Crippen LogP contribution in [0.3, 0.4) is 0 Å². The lowest BCUT2D eigenvalue weighted by atomic mass is 9.85. The van der Waals surface area contributed by atoms with Crippen molar-refractivity contribution in [2.45, 2.75) is 51.6 Å². The Morgan fingerprint density at radius 3 is 1.73 bits per heavy atom. The summed E-state index contributed by atoms with van der Waals surface area (Å²) in [4.78, 5) is 0. The predicted octanol–water partition coefficient (Wildman–Crippen LogP) is 6.49. The molecule has 5 rings (SSSR count). The van der Waals surface area contributed by atoms with Crippen molar-refractivity contribution in [2.24, 2.45) is 17.8 Å². The van der Waals surface area contributed by atoms with Crippen LogP contribution in [0.4, 0.5) is 0 Å². The summed E-state index contributed by atoms with van der Waals surface area (Å²) in [5, 5.41) is 11.1. The number of fused-ring (bicyclic) bond motifs is 1. The zero-order valence-electron chi connectivity index (χ0n) is 24.8. The van der Waals surface area contributed by atoms with E-state index in [0.29, 0.717) is 42.1 Å². The Kier molecular flexibility index (Phi) is 9.07. The smallest absolute Gasteiger partial charge is 0.204 e. The maximum atomic E-state index is 11.1. The van der Waals surface area contributed by atoms with Crippen LogP contribution in [0.15, 0.2) is 60.7 Å². The third-order valence-electron chi connectivity index (χ3n) is 8.34. The molecule has 1 N–H and O–H groups in total. The van der Waals surface area contributed by atoms with Crippen molar-refractivity contribution in [1.82, 2.24) is 0 Å². The number of rotatable bonds is 11. The third-order valence-corrected chi connectivity index (χ3v) is 8.34. The largest absolute Gasteiger partial charge is 0.493 e. The summed E-state index contributed by atoms with van der Waals surface area (Å²) in [5.41, 5.74) is 4.33. The van der Waals surface area contributed by atoms with Gasteiger partial charge < -0.3 is 33.5 Å². The number of methoxy groups -OCH3 is 3. The molecule has 6 atom stereocenters. The lowest BCUT2D eigenvalue weighted by Crippen LogP contribution is -2.23. The molecule has 7 heteroatoms. The van der Waals surface area contributed by atoms with E-state index in [1.165, 1.54) is 5.56 Å². The Balaban J connectivity index is 1.30. The normalized spacial score (nSPS) is 23.2. The van der Waals surface area contributed by atoms with Crippen LogP contribution in [-0.2, 0) is 15.9 Å². The number of ether oxygens (including phenoxy) is 6. The lowest BCUT2D eigenvalue weighted by Gasteiger charge is -2.23. The second kappa shape index (κ2) is 12.7. The van der Waals surface area contributed by atoms with Crippen LogP contribution in [0.5, 0.6) is 23.0 Å². The van der Waals surface area contributed by atoms with Gasteiger partial charge in [0.1, 0.15) is 0 Å². The second-order valence-electron chi connectivity index (χ2n) is 11.5. The van der Waals surface area contributed by atoms with Crippen molar-refractivity contribution in [2.75, 3.05) is 34.5 Å². The molecule has 3 aromatic rings. The fourth-order valence-electron chi connectivity index (χ4n) is 6.05. The maximum Gasteiger partial charge on any atom is 0.204 e. The highest BCUT2D eigenvalue weighted by atomic mass is 16.6. The van der Waals surface area contributed by atoms with Gasteiger partial charge >= 0.3 is 0 Å². The summed E-state index contributed by atoms with van der Waals surface area (Å²) >= 11 is 0. The molecule has 7 nitrogen and oxygen atoms in total. The Bertz CT molecular complexity index is 1300. The highest BCUT2D eigenvalue weighted by Crippen LogP contribution is 2.51. The summed E-state index contributed by atoms with van der Waals surface area (Å²) in [7, 11) is 4.87. The zero-order chi connectivity index (χ0) is 29.1. The summed E-state index contributed by atoms with van der Waals surface area (Å²) in [6.45, 7) is 7.56. The molecule has 0 radical (unpaired) electrons. The quantitative estimate of drug-likeness (QED) is 0.268. The number of benzene rings is 3. The SMILES string of the molecule is COc1ccc([C@H]2OCC3C2CO[C@H]3c2ccc(OC)c(OC(O)C(C)c3ccc(CC(C)C)cc3)c2)cc1OC. The van der Waals surface area contributed by atoms with Crippen molar-refractivity contribution >= 4 is 0 Å². The van der Waals surface area contributed by atoms with Crippen LogP contribution in [-0.4, -0.2) is 45.9 Å². The molecule has 3 aromatic carbocycles. The molecule has 2 fully saturated rings. The van der Waals surface area contributed by atoms with E-state index >= 15 is 0 Å². The molecule has 0 amide bonds. The van der Waals surface area contributed by atoms with E-state index in [9.17, 15) is 5.11 Å². The molecule has 4 unspecified atom stereocenters. The van der Waals surface area contributed by atoms with Gasteiger partial charge in [0.05, 0.1) is 46.8 Å². The number of hydrogen-bond donors (Lipinski definition) is 1. The minimum Gasteiger partial charge on any atom is -0.493 e. The highest BCUT2D eigenvalue weighted by Gasteiger charge is 2.48. The predicted molar refractivity (Wildman–Crippen MR) is 157 cm³/mol. The van der Waals surface area contributed by atoms with Crippen LogP contribution in [0.2, 0.25) is 0 Å². The van der Waals surface area contributed by atoms with Crippen molar-refractivity contribution < 1.29 is 33.5 Å². The molecule has 0 bridgehead atoms. The van der Waals surface area contributed by atoms with Crippen LogP contribution in [0.25, 0.3) is 0 Å². The minimum absolute atomic E-state index is 0.0895. The summed E-state index contributed by atoms with van der Waals surface area (Å²) < 4.78 is 35.3. The van der Waals surface area contributed by atoms with Gasteiger partial charge in [-0.2, -0.15) is 0 Å². The van der Waals surface area contributed by atoms with E-state index in [2.05, 4.69) is 38.1 Å². The molecule has 0 saturated carbocycles. The van der Waals surface area contributed by atoms with Crippen LogP contribution >= 0.6 is 0 Å². The molecular formula is C34H42O7. The third kappa shape index (κ3) is 6.17. The monoisotopic (exact) mass is 562 g/mol. The van der Waals surface area contributed by atoms with Gasteiger partial charge in [0, 0.05) is 17.8 Å². The first-order valence-corrected chi connectivity index (χ1v) is 14.4. The first kappa shape index (κ1) is 29.2. The van der Waals surface area contributed by atoms with Crippen molar-refractivity contribution in [3.63, 3.8) is 0 Å². The van der Waals surface area contributed by atoms with Gasteiger partial charge in [0.25, 0.3) is 0 Å². The molecule has 0 spiro atoms. The fourth-order valence-corrected chi connectivity index (χ4v) is 6.05. The summed E-state index contributed by atoms with van der Waals surface area (Å²) in [5.74, 6) is 3.18. The Labute approximate surface area is 243 Å². The van der Waals surface area contributed by atoms with E-state index in [1.54, 1.807) is 21.3 Å². The van der Waals surface area contributed by atoms with Gasteiger partial charge in [-0.05, 0) is 58.9 Å². The molecule has 0 aromatic heterocycles. The van der Waals surface area contributed by atoms with Gasteiger partial charge in [0.2, 0.25) is 6.29 Å². The second-order valence-corrected chi connectivity index (χ2v) is 11.5. The molecule has 41 heavy (non-hydrogen) atoms. The van der Waals surface area contributed by atoms with Crippen molar-refractivity contribution in [3.05, 3.63) is 82.9 Å². The number of hydrogen-bond acceptors (Lipinski definition) is 7. The standard InChI is InChI=1S/C34H42O7/c1-20(2)15-22-7-9-23(10-8-22)21(3)34(35)41-31-17-25(12-14-29(31)37-5)33-27-19-39-32(26(27)18-40-33)24-11-13-28(36-4)30(16-24)38-6/h7-14,16-17,20-21,26-27,32-35H,15,18-19H2,1-6H3/t21?,26?,27?,32-,33+,34?/m1/s1. The summed E-state index contributed by atoms with van der Waals surface area (Å²) in [6, 6.07) is 20.1. The molecular weight excluding hydrogens is 520 g/mol. The fraction of sp³-hybridized carbons (Fsp3) is 0.471. The topological polar surface area (TPSA) is 75.6 Å². The van der Waals surface area contributed by atoms with E-state index in [0.717, 1.165) is 23.1 Å². The van der Waals surface area contributed by atoms with E-state index < -0.39 is 6.29 Å². The van der Waals surface area contributed by atoms with Crippen LogP contribution in [0, 0.1) is 17.8 Å². The Hall–Kier alpha value is -3.26. The highest BCUT2D eigenvalue weighted by molar-refractivity contribution is 5.45. The van der Waals surface area contributed by atoms with E-state index in [4.69, 9.17) is 28.4 Å². The zero-order valence-corrected chi connectivity index (χ0v) is 24.8. The minimum atomic E-state index is -1.04. The first-order chi connectivity index (χ1) is 19.8. The van der Waals surface area contributed by atoms with Crippen molar-refractivity contribution in [1.29, 1.82) is 0 Å². The molecule has 2 saturated heterocycles. The van der Waals surface area contributed by atoms with Gasteiger partial charge in [-0.15, -0.1) is 0 Å². The van der Waals surface area contributed by atoms with Gasteiger partial charge in [-0.25, -0.2) is 0 Å². The Morgan fingerprint density at radius 2 is 1.22 bits per heavy atom. The maximum absolute atomic E-state index is 11.1. The Morgan fingerprint density at radius 1 is 0.707 bits per heavy atom. The molecule has 2 heterocycles. The van der Waals surface area contributed by atoms with Gasteiger partial charge in [-0.1, -0.05) is 57.2 Å². The molecule has 2 aliphatic heterocycles. The lowest BCUT2D eigenvalue weighted by molar-refractivity contribution is -0.0359. The van der Waals surface area contributed by atoms with Crippen LogP contribution in [0.1, 0.15) is 61.2 Å². The average Bonchev–Trinajstić information content (AvgIpc) is 3.59. The first-order valence-electron chi connectivity index (χ1n) is 14.4. The van der Waals surface area contributed by atoms with E-state index in [1.807, 2.05) is 43.3 Å².